The summed E-state index contributed by atoms with van der Waals surface area (Å²) in [6.45, 7) is 2.25. The Kier molecular flexibility index (Phi) is 7.86. The zero-order valence-electron chi connectivity index (χ0n) is 17.4. The molecule has 1 aliphatic rings. The van der Waals surface area contributed by atoms with Gasteiger partial charge < -0.3 is 24.8 Å². The molecule has 1 aliphatic heterocycles. The highest BCUT2D eigenvalue weighted by Crippen LogP contribution is 2.27. The van der Waals surface area contributed by atoms with E-state index in [0.29, 0.717) is 50.3 Å². The van der Waals surface area contributed by atoms with Crippen LogP contribution in [-0.4, -0.2) is 37.6 Å². The first-order valence-corrected chi connectivity index (χ1v) is 10.3. The highest BCUT2D eigenvalue weighted by molar-refractivity contribution is 5.94. The molecule has 8 heteroatoms. The molecule has 0 atom stereocenters. The Balaban J connectivity index is 1.39. The van der Waals surface area contributed by atoms with E-state index in [4.69, 9.17) is 14.2 Å². The van der Waals surface area contributed by atoms with Gasteiger partial charge in [0.2, 0.25) is 11.8 Å². The average Bonchev–Trinajstić information content (AvgIpc) is 2.76. The molecule has 0 saturated carbocycles. The highest BCUT2D eigenvalue weighted by Gasteiger charge is 2.15. The number of rotatable bonds is 10. The molecule has 0 unspecified atom stereocenters. The van der Waals surface area contributed by atoms with Crippen molar-refractivity contribution in [1.82, 2.24) is 0 Å². The van der Waals surface area contributed by atoms with Crippen molar-refractivity contribution in [2.24, 2.45) is 0 Å². The van der Waals surface area contributed by atoms with Gasteiger partial charge in [0.15, 0.2) is 6.61 Å². The van der Waals surface area contributed by atoms with Gasteiger partial charge in [0, 0.05) is 30.3 Å². The maximum atomic E-state index is 12.2. The topological polar surface area (TPSA) is 103 Å². The number of amides is 2. The number of ether oxygens (including phenoxy) is 3. The van der Waals surface area contributed by atoms with Gasteiger partial charge in [0.25, 0.3) is 0 Å². The Morgan fingerprint density at radius 3 is 2.74 bits per heavy atom. The van der Waals surface area contributed by atoms with Crippen LogP contribution in [0.3, 0.4) is 0 Å². The minimum absolute atomic E-state index is 0.0308. The fourth-order valence-electron chi connectivity index (χ4n) is 3.10. The van der Waals surface area contributed by atoms with Crippen molar-refractivity contribution < 1.29 is 28.6 Å². The van der Waals surface area contributed by atoms with E-state index in [1.807, 2.05) is 18.2 Å². The van der Waals surface area contributed by atoms with Gasteiger partial charge in [0.1, 0.15) is 11.5 Å². The molecule has 3 rings (SSSR count). The van der Waals surface area contributed by atoms with Crippen LogP contribution >= 0.6 is 0 Å². The van der Waals surface area contributed by atoms with Crippen LogP contribution in [0.2, 0.25) is 0 Å². The largest absolute Gasteiger partial charge is 0.494 e. The standard InChI is InChI=1S/C23H26N2O6/c1-2-29-23(28)15-31-18-6-3-5-17(14-18)24-21(26)7-4-12-30-19-9-10-20-16(13-19)8-11-22(27)25-20/h3,5-6,9-10,13-14H,2,4,7-8,11-12,15H2,1H3,(H,24,26)(H,25,27). The maximum absolute atomic E-state index is 12.2. The lowest BCUT2D eigenvalue weighted by atomic mass is 10.0. The number of hydrogen-bond donors (Lipinski definition) is 2. The summed E-state index contributed by atoms with van der Waals surface area (Å²) in [6, 6.07) is 12.4. The lowest BCUT2D eigenvalue weighted by molar-refractivity contribution is -0.145. The Morgan fingerprint density at radius 1 is 1.06 bits per heavy atom. The molecule has 31 heavy (non-hydrogen) atoms. The summed E-state index contributed by atoms with van der Waals surface area (Å²) >= 11 is 0. The Bertz CT molecular complexity index is 943. The third-order valence-corrected chi connectivity index (χ3v) is 4.57. The first kappa shape index (κ1) is 22.1. The summed E-state index contributed by atoms with van der Waals surface area (Å²) in [7, 11) is 0. The molecule has 1 heterocycles. The third kappa shape index (κ3) is 7.02. The minimum Gasteiger partial charge on any atom is -0.494 e. The second-order valence-corrected chi connectivity index (χ2v) is 6.99. The number of fused-ring (bicyclic) bond motifs is 1. The van der Waals surface area contributed by atoms with Gasteiger partial charge >= 0.3 is 5.97 Å². The van der Waals surface area contributed by atoms with Gasteiger partial charge in [-0.25, -0.2) is 4.79 Å². The fourth-order valence-corrected chi connectivity index (χ4v) is 3.10. The number of carbonyl (C=O) groups excluding carboxylic acids is 3. The molecule has 2 N–H and O–H groups in total. The van der Waals surface area contributed by atoms with Crippen LogP contribution in [0.5, 0.6) is 11.5 Å². The molecule has 0 radical (unpaired) electrons. The monoisotopic (exact) mass is 426 g/mol. The molecule has 0 aromatic heterocycles. The average molecular weight is 426 g/mol. The van der Waals surface area contributed by atoms with Crippen molar-refractivity contribution in [3.05, 3.63) is 48.0 Å². The van der Waals surface area contributed by atoms with E-state index >= 15 is 0 Å². The zero-order valence-corrected chi connectivity index (χ0v) is 17.4. The molecular formula is C23H26N2O6. The fraction of sp³-hybridized carbons (Fsp3) is 0.348. The van der Waals surface area contributed by atoms with Crippen LogP contribution in [-0.2, 0) is 25.5 Å². The molecule has 2 aromatic rings. The Labute approximate surface area is 180 Å². The van der Waals surface area contributed by atoms with E-state index in [9.17, 15) is 14.4 Å². The lowest BCUT2D eigenvalue weighted by Crippen LogP contribution is -2.18. The molecular weight excluding hydrogens is 400 g/mol. The molecule has 0 saturated heterocycles. The van der Waals surface area contributed by atoms with E-state index in [2.05, 4.69) is 10.6 Å². The summed E-state index contributed by atoms with van der Waals surface area (Å²) < 4.78 is 15.9. The van der Waals surface area contributed by atoms with Crippen LogP contribution in [0.25, 0.3) is 0 Å². The number of hydrogen-bond acceptors (Lipinski definition) is 6. The molecule has 164 valence electrons. The van der Waals surface area contributed by atoms with Crippen LogP contribution < -0.4 is 20.1 Å². The van der Waals surface area contributed by atoms with Crippen molar-refractivity contribution in [1.29, 1.82) is 0 Å². The Hall–Kier alpha value is -3.55. The summed E-state index contributed by atoms with van der Waals surface area (Å²) in [4.78, 5) is 35.0. The normalized spacial score (nSPS) is 12.4. The summed E-state index contributed by atoms with van der Waals surface area (Å²) in [6.07, 6.45) is 2.03. The second kappa shape index (κ2) is 11.0. The molecule has 0 fully saturated rings. The van der Waals surface area contributed by atoms with Crippen LogP contribution in [0.4, 0.5) is 11.4 Å². The Morgan fingerprint density at radius 2 is 1.90 bits per heavy atom. The quantitative estimate of drug-likeness (QED) is 0.446. The van der Waals surface area contributed by atoms with Crippen molar-refractivity contribution in [2.45, 2.75) is 32.6 Å². The predicted molar refractivity (Wildman–Crippen MR) is 115 cm³/mol. The lowest BCUT2D eigenvalue weighted by Gasteiger charge is -2.17. The van der Waals surface area contributed by atoms with Crippen LogP contribution in [0.15, 0.2) is 42.5 Å². The molecule has 0 spiro atoms. The van der Waals surface area contributed by atoms with E-state index in [0.717, 1.165) is 17.0 Å². The smallest absolute Gasteiger partial charge is 0.344 e. The second-order valence-electron chi connectivity index (χ2n) is 6.99. The number of aryl methyl sites for hydroxylation is 1. The molecule has 8 nitrogen and oxygen atoms in total. The van der Waals surface area contributed by atoms with E-state index in [1.165, 1.54) is 0 Å². The van der Waals surface area contributed by atoms with Crippen LogP contribution in [0, 0.1) is 0 Å². The van der Waals surface area contributed by atoms with Crippen molar-refractivity contribution in [3.8, 4) is 11.5 Å². The highest BCUT2D eigenvalue weighted by atomic mass is 16.6. The molecule has 2 aromatic carbocycles. The first-order valence-electron chi connectivity index (χ1n) is 10.3. The van der Waals surface area contributed by atoms with Gasteiger partial charge in [-0.15, -0.1) is 0 Å². The summed E-state index contributed by atoms with van der Waals surface area (Å²) in [5, 5.41) is 5.64. The van der Waals surface area contributed by atoms with Gasteiger partial charge in [-0.3, -0.25) is 9.59 Å². The van der Waals surface area contributed by atoms with Gasteiger partial charge in [0.05, 0.1) is 13.2 Å². The SMILES string of the molecule is CCOC(=O)COc1cccc(NC(=O)CCCOc2ccc3c(c2)CCC(=O)N3)c1. The molecule has 0 bridgehead atoms. The molecule has 0 aliphatic carbocycles. The van der Waals surface area contributed by atoms with Crippen LogP contribution in [0.1, 0.15) is 31.7 Å². The number of nitrogens with one attached hydrogen (secondary N) is 2. The first-order chi connectivity index (χ1) is 15.0. The van der Waals surface area contributed by atoms with E-state index < -0.39 is 5.97 Å². The summed E-state index contributed by atoms with van der Waals surface area (Å²) in [5.41, 5.74) is 2.47. The van der Waals surface area contributed by atoms with Crippen molar-refractivity contribution in [2.75, 3.05) is 30.5 Å². The predicted octanol–water partition coefficient (Wildman–Crippen LogP) is 3.31. The van der Waals surface area contributed by atoms with Gasteiger partial charge in [-0.1, -0.05) is 6.07 Å². The molecule has 2 amide bonds. The van der Waals surface area contributed by atoms with Gasteiger partial charge in [-0.05, 0) is 55.7 Å². The zero-order chi connectivity index (χ0) is 22.1. The number of esters is 1. The third-order valence-electron chi connectivity index (χ3n) is 4.57. The van der Waals surface area contributed by atoms with Crippen molar-refractivity contribution in [3.63, 3.8) is 0 Å². The number of benzene rings is 2. The van der Waals surface area contributed by atoms with E-state index in [1.54, 1.807) is 31.2 Å². The van der Waals surface area contributed by atoms with Crippen molar-refractivity contribution >= 4 is 29.2 Å². The summed E-state index contributed by atoms with van der Waals surface area (Å²) in [5.74, 6) is 0.641. The number of anilines is 2. The van der Waals surface area contributed by atoms with Gasteiger partial charge in [-0.2, -0.15) is 0 Å². The maximum Gasteiger partial charge on any atom is 0.344 e. The minimum atomic E-state index is -0.444. The van der Waals surface area contributed by atoms with E-state index in [-0.39, 0.29) is 18.4 Å². The number of carbonyl (C=O) groups is 3.